The highest BCUT2D eigenvalue weighted by atomic mass is 16.7. The van der Waals surface area contributed by atoms with Crippen LogP contribution in [0, 0.1) is 0 Å². The molecule has 0 saturated carbocycles. The number of amides is 2. The summed E-state index contributed by atoms with van der Waals surface area (Å²) in [5.41, 5.74) is 0.836. The van der Waals surface area contributed by atoms with Gasteiger partial charge in [0.15, 0.2) is 0 Å². The van der Waals surface area contributed by atoms with Crippen LogP contribution in [0.1, 0.15) is 40.5 Å². The van der Waals surface area contributed by atoms with E-state index in [1.807, 2.05) is 52.0 Å². The smallest absolute Gasteiger partial charge is 0.399 e. The van der Waals surface area contributed by atoms with E-state index in [1.165, 1.54) is 0 Å². The molecule has 2 N–H and O–H groups in total. The monoisotopic (exact) mass is 346 g/mol. The Labute approximate surface area is 149 Å². The zero-order valence-corrected chi connectivity index (χ0v) is 15.4. The van der Waals surface area contributed by atoms with E-state index in [0.717, 1.165) is 24.0 Å². The van der Waals surface area contributed by atoms with Crippen LogP contribution in [-0.4, -0.2) is 43.6 Å². The highest BCUT2D eigenvalue weighted by Gasteiger charge is 2.51. The van der Waals surface area contributed by atoms with Crippen molar-refractivity contribution in [1.29, 1.82) is 0 Å². The summed E-state index contributed by atoms with van der Waals surface area (Å²) in [7, 11) is -0.440. The number of hydrogen-bond acceptors (Lipinski definition) is 4. The van der Waals surface area contributed by atoms with Crippen molar-refractivity contribution in [2.24, 2.45) is 0 Å². The third-order valence-corrected chi connectivity index (χ3v) is 5.23. The highest BCUT2D eigenvalue weighted by Crippen LogP contribution is 2.36. The third kappa shape index (κ3) is 4.16. The van der Waals surface area contributed by atoms with Gasteiger partial charge in [0.25, 0.3) is 0 Å². The molecule has 1 aromatic rings. The van der Waals surface area contributed by atoms with Gasteiger partial charge in [-0.25, -0.2) is 4.79 Å². The van der Waals surface area contributed by atoms with Crippen LogP contribution in [0.4, 0.5) is 10.5 Å². The predicted molar refractivity (Wildman–Crippen MR) is 98.2 cm³/mol. The Balaban J connectivity index is 1.63. The molecule has 2 heterocycles. The Hall–Kier alpha value is -1.57. The van der Waals surface area contributed by atoms with Gasteiger partial charge in [-0.05, 0) is 58.1 Å². The van der Waals surface area contributed by atoms with E-state index in [0.29, 0.717) is 13.2 Å². The van der Waals surface area contributed by atoms with Crippen molar-refractivity contribution in [2.45, 2.75) is 57.8 Å². The van der Waals surface area contributed by atoms with E-state index in [4.69, 9.17) is 14.0 Å². The van der Waals surface area contributed by atoms with Crippen LogP contribution < -0.4 is 16.1 Å². The van der Waals surface area contributed by atoms with Gasteiger partial charge in [-0.2, -0.15) is 0 Å². The molecule has 0 spiro atoms. The van der Waals surface area contributed by atoms with E-state index in [9.17, 15) is 4.79 Å². The summed E-state index contributed by atoms with van der Waals surface area (Å²) < 4.78 is 17.4. The Kier molecular flexibility index (Phi) is 5.09. The van der Waals surface area contributed by atoms with Gasteiger partial charge >= 0.3 is 13.1 Å². The maximum Gasteiger partial charge on any atom is 0.494 e. The van der Waals surface area contributed by atoms with Gasteiger partial charge in [0, 0.05) is 24.9 Å². The number of ether oxygens (including phenoxy) is 1. The molecule has 1 aromatic carbocycles. The molecule has 2 aliphatic rings. The molecule has 0 atom stereocenters. The molecule has 0 bridgehead atoms. The average Bonchev–Trinajstić information content (AvgIpc) is 2.76. The number of hydrogen-bond donors (Lipinski definition) is 2. The number of nitrogens with one attached hydrogen (secondary N) is 2. The minimum absolute atomic E-state index is 0.167. The van der Waals surface area contributed by atoms with Crippen LogP contribution in [0.2, 0.25) is 0 Å². The first-order valence-corrected chi connectivity index (χ1v) is 8.88. The molecule has 0 unspecified atom stereocenters. The van der Waals surface area contributed by atoms with Gasteiger partial charge in [0.05, 0.1) is 11.2 Å². The van der Waals surface area contributed by atoms with Crippen LogP contribution in [0.5, 0.6) is 0 Å². The van der Waals surface area contributed by atoms with E-state index in [1.54, 1.807) is 0 Å². The maximum atomic E-state index is 12.2. The summed E-state index contributed by atoms with van der Waals surface area (Å²) in [5.74, 6) is 0. The molecule has 6 nitrogen and oxygen atoms in total. The van der Waals surface area contributed by atoms with Crippen LogP contribution in [-0.2, 0) is 14.0 Å². The molecule has 2 saturated heterocycles. The standard InChI is InChI=1S/C18H27BN2O4/c1-17(2)18(3,4)25-19(24-17)13-6-5-7-15(12-13)21-16(22)20-14-8-10-23-11-9-14/h5-7,12,14H,8-11H2,1-4H3,(H2,20,21,22). The first-order valence-electron chi connectivity index (χ1n) is 8.88. The molecule has 3 rings (SSSR count). The van der Waals surface area contributed by atoms with E-state index in [-0.39, 0.29) is 23.3 Å². The van der Waals surface area contributed by atoms with Crippen LogP contribution >= 0.6 is 0 Å². The summed E-state index contributed by atoms with van der Waals surface area (Å²) in [6.07, 6.45) is 1.70. The first kappa shape index (κ1) is 18.2. The van der Waals surface area contributed by atoms with Crippen LogP contribution in [0.3, 0.4) is 0 Å². The number of carbonyl (C=O) groups excluding carboxylic acids is 1. The Bertz CT molecular complexity index is 613. The van der Waals surface area contributed by atoms with Crippen molar-refractivity contribution in [3.8, 4) is 0 Å². The first-order chi connectivity index (χ1) is 11.8. The van der Waals surface area contributed by atoms with Crippen molar-refractivity contribution in [2.75, 3.05) is 18.5 Å². The second-order valence-electron chi connectivity index (χ2n) is 7.70. The summed E-state index contributed by atoms with van der Waals surface area (Å²) in [4.78, 5) is 12.2. The van der Waals surface area contributed by atoms with Gasteiger partial charge in [-0.1, -0.05) is 12.1 Å². The summed E-state index contributed by atoms with van der Waals surface area (Å²) in [6.45, 7) is 9.49. The van der Waals surface area contributed by atoms with E-state index >= 15 is 0 Å². The molecule has 2 amide bonds. The normalized spacial score (nSPS) is 22.6. The molecule has 0 aromatic heterocycles. The molecule has 0 radical (unpaired) electrons. The zero-order chi connectivity index (χ0) is 18.1. The predicted octanol–water partition coefficient (Wildman–Crippen LogP) is 2.29. The van der Waals surface area contributed by atoms with Gasteiger partial charge < -0.3 is 24.7 Å². The van der Waals surface area contributed by atoms with Crippen LogP contribution in [0.15, 0.2) is 24.3 Å². The van der Waals surface area contributed by atoms with E-state index < -0.39 is 7.12 Å². The summed E-state index contributed by atoms with van der Waals surface area (Å²) in [5, 5.41) is 5.88. The second kappa shape index (κ2) is 6.98. The number of rotatable bonds is 3. The zero-order valence-electron chi connectivity index (χ0n) is 15.4. The van der Waals surface area contributed by atoms with Crippen molar-refractivity contribution >= 4 is 24.3 Å². The lowest BCUT2D eigenvalue weighted by molar-refractivity contribution is 0.00578. The molecule has 2 fully saturated rings. The second-order valence-corrected chi connectivity index (χ2v) is 7.70. The van der Waals surface area contributed by atoms with Crippen molar-refractivity contribution in [1.82, 2.24) is 5.32 Å². The van der Waals surface area contributed by atoms with Crippen LogP contribution in [0.25, 0.3) is 0 Å². The SMILES string of the molecule is CC1(C)OB(c2cccc(NC(=O)NC3CCOCC3)c2)OC1(C)C. The number of benzene rings is 1. The fraction of sp³-hybridized carbons (Fsp3) is 0.611. The topological polar surface area (TPSA) is 68.8 Å². The van der Waals surface area contributed by atoms with Crippen molar-refractivity contribution in [3.05, 3.63) is 24.3 Å². The van der Waals surface area contributed by atoms with Gasteiger partial charge in [-0.15, -0.1) is 0 Å². The lowest BCUT2D eigenvalue weighted by Gasteiger charge is -2.32. The lowest BCUT2D eigenvalue weighted by atomic mass is 9.79. The van der Waals surface area contributed by atoms with Gasteiger partial charge in [-0.3, -0.25) is 0 Å². The minimum atomic E-state index is -0.440. The summed E-state index contributed by atoms with van der Waals surface area (Å²) >= 11 is 0. The lowest BCUT2D eigenvalue weighted by Crippen LogP contribution is -2.41. The highest BCUT2D eigenvalue weighted by molar-refractivity contribution is 6.62. The average molecular weight is 346 g/mol. The number of anilines is 1. The molecular formula is C18H27BN2O4. The quantitative estimate of drug-likeness (QED) is 0.824. The van der Waals surface area contributed by atoms with E-state index in [2.05, 4.69) is 10.6 Å². The Morgan fingerprint density at radius 2 is 1.76 bits per heavy atom. The van der Waals surface area contributed by atoms with Crippen molar-refractivity contribution in [3.63, 3.8) is 0 Å². The fourth-order valence-corrected chi connectivity index (χ4v) is 2.94. The summed E-state index contributed by atoms with van der Waals surface area (Å²) in [6, 6.07) is 7.57. The number of carbonyl (C=O) groups is 1. The minimum Gasteiger partial charge on any atom is -0.399 e. The fourth-order valence-electron chi connectivity index (χ4n) is 2.94. The largest absolute Gasteiger partial charge is 0.494 e. The maximum absolute atomic E-state index is 12.2. The Morgan fingerprint density at radius 1 is 1.12 bits per heavy atom. The third-order valence-electron chi connectivity index (χ3n) is 5.23. The molecule has 2 aliphatic heterocycles. The van der Waals surface area contributed by atoms with Gasteiger partial charge in [0.2, 0.25) is 0 Å². The molecule has 7 heteroatoms. The molecule has 0 aliphatic carbocycles. The molecular weight excluding hydrogens is 319 g/mol. The van der Waals surface area contributed by atoms with Gasteiger partial charge in [0.1, 0.15) is 0 Å². The molecule has 136 valence electrons. The van der Waals surface area contributed by atoms with Crippen molar-refractivity contribution < 1.29 is 18.8 Å². The number of urea groups is 1. The Morgan fingerprint density at radius 3 is 2.40 bits per heavy atom. The molecule has 25 heavy (non-hydrogen) atoms.